The Morgan fingerprint density at radius 3 is 2.59 bits per heavy atom. The van der Waals surface area contributed by atoms with Gasteiger partial charge >= 0.3 is 0 Å². The van der Waals surface area contributed by atoms with Crippen molar-refractivity contribution < 1.29 is 5.11 Å². The van der Waals surface area contributed by atoms with Gasteiger partial charge in [-0.1, -0.05) is 20.3 Å². The molecule has 0 saturated carbocycles. The molecule has 1 rings (SSSR count). The average Bonchev–Trinajstić information content (AvgIpc) is 2.57. The molecule has 1 aromatic heterocycles. The summed E-state index contributed by atoms with van der Waals surface area (Å²) in [5.41, 5.74) is 2.11. The zero-order valence-electron chi connectivity index (χ0n) is 11.2. The summed E-state index contributed by atoms with van der Waals surface area (Å²) in [5.74, 6) is 0.340. The van der Waals surface area contributed by atoms with Gasteiger partial charge in [-0.2, -0.15) is 5.10 Å². The Bertz CT molecular complexity index is 363. The number of rotatable bonds is 6. The Hall–Kier alpha value is -0.350. The Kier molecular flexibility index (Phi) is 5.67. The van der Waals surface area contributed by atoms with Gasteiger partial charge in [0.05, 0.1) is 22.0 Å². The second kappa shape index (κ2) is 6.55. The van der Waals surface area contributed by atoms with E-state index in [1.165, 1.54) is 0 Å². The van der Waals surface area contributed by atoms with Gasteiger partial charge in [0.25, 0.3) is 0 Å². The minimum atomic E-state index is -0.285. The normalized spacial score (nSPS) is 14.9. The number of hydrogen-bond donors (Lipinski definition) is 1. The Balaban J connectivity index is 2.80. The van der Waals surface area contributed by atoms with E-state index in [4.69, 9.17) is 0 Å². The molecule has 4 heteroatoms. The highest BCUT2D eigenvalue weighted by Gasteiger charge is 2.19. The zero-order chi connectivity index (χ0) is 13.0. The van der Waals surface area contributed by atoms with Gasteiger partial charge in [0.2, 0.25) is 0 Å². The first-order chi connectivity index (χ1) is 8.01. The molecule has 0 aromatic carbocycles. The highest BCUT2D eigenvalue weighted by Crippen LogP contribution is 2.24. The first-order valence-electron chi connectivity index (χ1n) is 6.41. The van der Waals surface area contributed by atoms with E-state index in [9.17, 15) is 5.11 Å². The molecular formula is C13H23BrN2O. The summed E-state index contributed by atoms with van der Waals surface area (Å²) < 4.78 is 3.02. The highest BCUT2D eigenvalue weighted by molar-refractivity contribution is 9.10. The lowest BCUT2D eigenvalue weighted by Gasteiger charge is -2.18. The van der Waals surface area contributed by atoms with Gasteiger partial charge in [0.15, 0.2) is 0 Å². The Labute approximate surface area is 112 Å². The van der Waals surface area contributed by atoms with Gasteiger partial charge in [0.1, 0.15) is 0 Å². The fraction of sp³-hybridized carbons (Fsp3) is 0.769. The van der Waals surface area contributed by atoms with E-state index in [0.717, 1.165) is 35.2 Å². The summed E-state index contributed by atoms with van der Waals surface area (Å²) in [5, 5.41) is 14.6. The molecule has 0 radical (unpaired) electrons. The maximum atomic E-state index is 10.2. The molecule has 3 nitrogen and oxygen atoms in total. The fourth-order valence-corrected chi connectivity index (χ4v) is 2.56. The van der Waals surface area contributed by atoms with Crippen molar-refractivity contribution in [2.24, 2.45) is 5.92 Å². The van der Waals surface area contributed by atoms with E-state index in [0.29, 0.717) is 12.3 Å². The van der Waals surface area contributed by atoms with Gasteiger partial charge < -0.3 is 5.11 Å². The van der Waals surface area contributed by atoms with Gasteiger partial charge in [-0.15, -0.1) is 0 Å². The summed E-state index contributed by atoms with van der Waals surface area (Å²) in [6.07, 6.45) is 2.58. The lowest BCUT2D eigenvalue weighted by atomic mass is 9.96. The molecule has 2 unspecified atom stereocenters. The van der Waals surface area contributed by atoms with Crippen LogP contribution in [0.5, 0.6) is 0 Å². The van der Waals surface area contributed by atoms with Crippen LogP contribution in [-0.4, -0.2) is 21.0 Å². The van der Waals surface area contributed by atoms with Crippen molar-refractivity contribution in [3.05, 3.63) is 15.9 Å². The van der Waals surface area contributed by atoms with Gasteiger partial charge in [0, 0.05) is 13.0 Å². The van der Waals surface area contributed by atoms with Crippen molar-refractivity contribution >= 4 is 15.9 Å². The standard InChI is InChI=1S/C13H23BrN2O/c1-5-7-9(3)12(17)8-11-13(14)10(4)15-16(11)6-2/h9,12,17H,5-8H2,1-4H3. The quantitative estimate of drug-likeness (QED) is 0.875. The van der Waals surface area contributed by atoms with Crippen LogP contribution in [0.1, 0.15) is 45.0 Å². The molecule has 1 N–H and O–H groups in total. The number of aliphatic hydroxyl groups excluding tert-OH is 1. The first kappa shape index (κ1) is 14.7. The molecular weight excluding hydrogens is 280 g/mol. The van der Waals surface area contributed by atoms with E-state index in [1.807, 2.05) is 11.6 Å². The molecule has 0 aliphatic carbocycles. The number of hydrogen-bond acceptors (Lipinski definition) is 2. The summed E-state index contributed by atoms with van der Waals surface area (Å²) in [6.45, 7) is 9.17. The first-order valence-corrected chi connectivity index (χ1v) is 7.20. The Morgan fingerprint density at radius 2 is 2.06 bits per heavy atom. The van der Waals surface area contributed by atoms with E-state index >= 15 is 0 Å². The van der Waals surface area contributed by atoms with Crippen LogP contribution in [0.3, 0.4) is 0 Å². The molecule has 1 aromatic rings. The molecule has 0 spiro atoms. The predicted octanol–water partition coefficient (Wildman–Crippen LogP) is 3.31. The molecule has 2 atom stereocenters. The summed E-state index contributed by atoms with van der Waals surface area (Å²) >= 11 is 3.56. The van der Waals surface area contributed by atoms with Crippen LogP contribution in [0, 0.1) is 12.8 Å². The number of nitrogens with zero attached hydrogens (tertiary/aromatic N) is 2. The maximum Gasteiger partial charge on any atom is 0.0738 e. The lowest BCUT2D eigenvalue weighted by Crippen LogP contribution is -2.22. The number of halogens is 1. The highest BCUT2D eigenvalue weighted by atomic mass is 79.9. The second-order valence-corrected chi connectivity index (χ2v) is 5.49. The third kappa shape index (κ3) is 3.55. The monoisotopic (exact) mass is 302 g/mol. The van der Waals surface area contributed by atoms with E-state index in [-0.39, 0.29) is 6.10 Å². The maximum absolute atomic E-state index is 10.2. The third-order valence-corrected chi connectivity index (χ3v) is 4.29. The van der Waals surface area contributed by atoms with Crippen LogP contribution < -0.4 is 0 Å². The Morgan fingerprint density at radius 1 is 1.41 bits per heavy atom. The van der Waals surface area contributed by atoms with Crippen LogP contribution in [0.2, 0.25) is 0 Å². The largest absolute Gasteiger partial charge is 0.392 e. The van der Waals surface area contributed by atoms with E-state index < -0.39 is 0 Å². The molecule has 17 heavy (non-hydrogen) atoms. The zero-order valence-corrected chi connectivity index (χ0v) is 12.8. The SMILES string of the molecule is CCCC(C)C(O)Cc1c(Br)c(C)nn1CC. The van der Waals surface area contributed by atoms with Crippen LogP contribution in [0.15, 0.2) is 4.47 Å². The smallest absolute Gasteiger partial charge is 0.0738 e. The summed E-state index contributed by atoms with van der Waals surface area (Å²) in [6, 6.07) is 0. The summed E-state index contributed by atoms with van der Waals surface area (Å²) in [4.78, 5) is 0. The van der Waals surface area contributed by atoms with Crippen molar-refractivity contribution in [1.29, 1.82) is 0 Å². The average molecular weight is 303 g/mol. The molecule has 0 bridgehead atoms. The van der Waals surface area contributed by atoms with Crippen molar-refractivity contribution in [2.45, 2.75) is 59.6 Å². The third-order valence-electron chi connectivity index (χ3n) is 3.26. The number of aromatic nitrogens is 2. The number of aliphatic hydroxyl groups is 1. The topological polar surface area (TPSA) is 38.1 Å². The second-order valence-electron chi connectivity index (χ2n) is 4.70. The number of aryl methyl sites for hydroxylation is 2. The molecule has 0 aliphatic heterocycles. The minimum absolute atomic E-state index is 0.285. The van der Waals surface area contributed by atoms with Gasteiger partial charge in [-0.05, 0) is 42.1 Å². The van der Waals surface area contributed by atoms with Crippen LogP contribution in [0.4, 0.5) is 0 Å². The van der Waals surface area contributed by atoms with Crippen molar-refractivity contribution in [3.63, 3.8) is 0 Å². The van der Waals surface area contributed by atoms with Crippen LogP contribution >= 0.6 is 15.9 Å². The molecule has 0 saturated heterocycles. The molecule has 0 fully saturated rings. The lowest BCUT2D eigenvalue weighted by molar-refractivity contribution is 0.109. The van der Waals surface area contributed by atoms with Crippen molar-refractivity contribution in [1.82, 2.24) is 9.78 Å². The molecule has 0 amide bonds. The fourth-order valence-electron chi connectivity index (χ4n) is 2.11. The van der Waals surface area contributed by atoms with Crippen molar-refractivity contribution in [2.75, 3.05) is 0 Å². The predicted molar refractivity (Wildman–Crippen MR) is 74.1 cm³/mol. The molecule has 98 valence electrons. The van der Waals surface area contributed by atoms with Crippen LogP contribution in [0.25, 0.3) is 0 Å². The van der Waals surface area contributed by atoms with Gasteiger partial charge in [-0.3, -0.25) is 4.68 Å². The van der Waals surface area contributed by atoms with Crippen molar-refractivity contribution in [3.8, 4) is 0 Å². The summed E-state index contributed by atoms with van der Waals surface area (Å²) in [7, 11) is 0. The molecule has 1 heterocycles. The minimum Gasteiger partial charge on any atom is -0.392 e. The van der Waals surface area contributed by atoms with E-state index in [2.05, 4.69) is 41.8 Å². The van der Waals surface area contributed by atoms with Gasteiger partial charge in [-0.25, -0.2) is 0 Å². The van der Waals surface area contributed by atoms with E-state index in [1.54, 1.807) is 0 Å². The molecule has 0 aliphatic rings. The van der Waals surface area contributed by atoms with Crippen LogP contribution in [-0.2, 0) is 13.0 Å².